The fourth-order valence-electron chi connectivity index (χ4n) is 3.55. The topological polar surface area (TPSA) is 114 Å². The van der Waals surface area contributed by atoms with Gasteiger partial charge >= 0.3 is 0 Å². The van der Waals surface area contributed by atoms with E-state index in [1.807, 2.05) is 4.90 Å². The Morgan fingerprint density at radius 2 is 1.94 bits per heavy atom. The van der Waals surface area contributed by atoms with Gasteiger partial charge in [0, 0.05) is 24.7 Å². The number of nitro benzene ring substituents is 1. The van der Waals surface area contributed by atoms with Gasteiger partial charge in [0.15, 0.2) is 6.10 Å². The van der Waals surface area contributed by atoms with Gasteiger partial charge in [0.25, 0.3) is 17.5 Å². The molecule has 0 spiro atoms. The van der Waals surface area contributed by atoms with Crippen molar-refractivity contribution in [1.29, 1.82) is 0 Å². The summed E-state index contributed by atoms with van der Waals surface area (Å²) < 4.78 is 18.3. The Morgan fingerprint density at radius 3 is 2.59 bits per heavy atom. The SMILES string of the molecule is CC1CCCN(c2ccc(C(=O)NNC(=O)C(C)Oc3ccc(F)cc3)cc2[N+](=O)[O-])C1. The van der Waals surface area contributed by atoms with Crippen LogP contribution in [0.1, 0.15) is 37.0 Å². The third-order valence-electron chi connectivity index (χ3n) is 5.23. The van der Waals surface area contributed by atoms with E-state index in [1.54, 1.807) is 6.07 Å². The zero-order valence-corrected chi connectivity index (χ0v) is 17.8. The van der Waals surface area contributed by atoms with Crippen molar-refractivity contribution in [2.24, 2.45) is 5.92 Å². The molecular formula is C22H25FN4O5. The standard InChI is InChI=1S/C22H25FN4O5/c1-14-4-3-11-26(13-14)19-10-5-16(12-20(19)27(30)31)22(29)25-24-21(28)15(2)32-18-8-6-17(23)7-9-18/h5-10,12,14-15H,3-4,11,13H2,1-2H3,(H,24,28)(H,25,29). The molecule has 0 aromatic heterocycles. The minimum atomic E-state index is -0.974. The van der Waals surface area contributed by atoms with Gasteiger partial charge in [-0.15, -0.1) is 0 Å². The maximum absolute atomic E-state index is 13.0. The van der Waals surface area contributed by atoms with Crippen LogP contribution in [0.5, 0.6) is 5.75 Å². The van der Waals surface area contributed by atoms with E-state index in [9.17, 15) is 24.1 Å². The molecule has 1 aliphatic heterocycles. The van der Waals surface area contributed by atoms with Gasteiger partial charge in [-0.05, 0) is 62.1 Å². The number of carbonyl (C=O) groups is 2. The number of anilines is 1. The van der Waals surface area contributed by atoms with Crippen LogP contribution in [0.15, 0.2) is 42.5 Å². The predicted molar refractivity (Wildman–Crippen MR) is 116 cm³/mol. The average Bonchev–Trinajstić information content (AvgIpc) is 2.78. The lowest BCUT2D eigenvalue weighted by atomic mass is 9.99. The van der Waals surface area contributed by atoms with Crippen molar-refractivity contribution >= 4 is 23.2 Å². The zero-order chi connectivity index (χ0) is 23.3. The normalized spacial score (nSPS) is 16.7. The van der Waals surface area contributed by atoms with E-state index in [0.717, 1.165) is 19.4 Å². The number of hydrazine groups is 1. The van der Waals surface area contributed by atoms with Gasteiger partial charge in [-0.1, -0.05) is 6.92 Å². The fourth-order valence-corrected chi connectivity index (χ4v) is 3.55. The number of hydrogen-bond acceptors (Lipinski definition) is 6. The number of benzene rings is 2. The van der Waals surface area contributed by atoms with Crippen LogP contribution in [0.25, 0.3) is 0 Å². The summed E-state index contributed by atoms with van der Waals surface area (Å²) in [6.45, 7) is 5.00. The van der Waals surface area contributed by atoms with Crippen LogP contribution in [0.4, 0.5) is 15.8 Å². The first kappa shape index (κ1) is 23.0. The third-order valence-corrected chi connectivity index (χ3v) is 5.23. The first-order valence-electron chi connectivity index (χ1n) is 10.3. The van der Waals surface area contributed by atoms with Gasteiger partial charge in [0.2, 0.25) is 0 Å². The van der Waals surface area contributed by atoms with Crippen LogP contribution in [0, 0.1) is 21.8 Å². The molecule has 2 atom stereocenters. The number of rotatable bonds is 6. The predicted octanol–water partition coefficient (Wildman–Crippen LogP) is 3.20. The number of nitrogens with one attached hydrogen (secondary N) is 2. The molecule has 1 heterocycles. The Labute approximate surface area is 184 Å². The summed E-state index contributed by atoms with van der Waals surface area (Å²) in [4.78, 5) is 37.7. The molecule has 2 aromatic carbocycles. The molecular weight excluding hydrogens is 419 g/mol. The van der Waals surface area contributed by atoms with Gasteiger partial charge in [-0.25, -0.2) is 4.39 Å². The Kier molecular flexibility index (Phi) is 7.24. The molecule has 1 fully saturated rings. The molecule has 2 amide bonds. The van der Waals surface area contributed by atoms with E-state index < -0.39 is 28.7 Å². The molecule has 2 unspecified atom stereocenters. The summed E-state index contributed by atoms with van der Waals surface area (Å²) in [7, 11) is 0. The van der Waals surface area contributed by atoms with Gasteiger partial charge < -0.3 is 9.64 Å². The highest BCUT2D eigenvalue weighted by molar-refractivity contribution is 5.97. The molecule has 1 aliphatic rings. The van der Waals surface area contributed by atoms with Crippen LogP contribution in [0.2, 0.25) is 0 Å². The zero-order valence-electron chi connectivity index (χ0n) is 17.8. The third kappa shape index (κ3) is 5.71. The quantitative estimate of drug-likeness (QED) is 0.523. The molecule has 9 nitrogen and oxygen atoms in total. The van der Waals surface area contributed by atoms with Crippen LogP contribution in [-0.2, 0) is 4.79 Å². The van der Waals surface area contributed by atoms with Crippen LogP contribution in [-0.4, -0.2) is 35.9 Å². The Bertz CT molecular complexity index is 998. The molecule has 2 aromatic rings. The van der Waals surface area contributed by atoms with Crippen molar-refractivity contribution in [1.82, 2.24) is 10.9 Å². The lowest BCUT2D eigenvalue weighted by molar-refractivity contribution is -0.384. The van der Waals surface area contributed by atoms with Crippen molar-refractivity contribution in [2.75, 3.05) is 18.0 Å². The van der Waals surface area contributed by atoms with Gasteiger partial charge in [-0.2, -0.15) is 0 Å². The lowest BCUT2D eigenvalue weighted by Gasteiger charge is -2.32. The summed E-state index contributed by atoms with van der Waals surface area (Å²) in [5.41, 5.74) is 4.81. The van der Waals surface area contributed by atoms with E-state index >= 15 is 0 Å². The Morgan fingerprint density at radius 1 is 1.22 bits per heavy atom. The Hall–Kier alpha value is -3.69. The number of ether oxygens (including phenoxy) is 1. The molecule has 2 N–H and O–H groups in total. The van der Waals surface area contributed by atoms with Crippen LogP contribution < -0.4 is 20.5 Å². The largest absolute Gasteiger partial charge is 0.481 e. The number of piperidine rings is 1. The summed E-state index contributed by atoms with van der Waals surface area (Å²) in [6.07, 6.45) is 1.05. The second kappa shape index (κ2) is 10.1. The second-order valence-electron chi connectivity index (χ2n) is 7.81. The molecule has 0 bridgehead atoms. The van der Waals surface area contributed by atoms with Crippen molar-refractivity contribution in [3.63, 3.8) is 0 Å². The molecule has 3 rings (SSSR count). The number of halogens is 1. The summed E-state index contributed by atoms with van der Waals surface area (Å²) >= 11 is 0. The highest BCUT2D eigenvalue weighted by atomic mass is 19.1. The van der Waals surface area contributed by atoms with Crippen molar-refractivity contribution in [3.05, 3.63) is 64.0 Å². The summed E-state index contributed by atoms with van der Waals surface area (Å²) in [5, 5.41) is 11.6. The molecule has 0 aliphatic carbocycles. The maximum Gasteiger partial charge on any atom is 0.293 e. The van der Waals surface area contributed by atoms with Crippen molar-refractivity contribution in [3.8, 4) is 5.75 Å². The van der Waals surface area contributed by atoms with E-state index in [0.29, 0.717) is 23.9 Å². The van der Waals surface area contributed by atoms with Crippen molar-refractivity contribution < 1.29 is 23.6 Å². The minimum absolute atomic E-state index is 0.0397. The molecule has 1 saturated heterocycles. The maximum atomic E-state index is 13.0. The highest BCUT2D eigenvalue weighted by Crippen LogP contribution is 2.32. The highest BCUT2D eigenvalue weighted by Gasteiger charge is 2.25. The smallest absolute Gasteiger partial charge is 0.293 e. The fraction of sp³-hybridized carbons (Fsp3) is 0.364. The number of amides is 2. The second-order valence-corrected chi connectivity index (χ2v) is 7.81. The van der Waals surface area contributed by atoms with E-state index in [4.69, 9.17) is 4.74 Å². The average molecular weight is 444 g/mol. The number of carbonyl (C=O) groups excluding carboxylic acids is 2. The number of nitro groups is 1. The van der Waals surface area contributed by atoms with Crippen molar-refractivity contribution in [2.45, 2.75) is 32.8 Å². The van der Waals surface area contributed by atoms with Crippen LogP contribution in [0.3, 0.4) is 0 Å². The first-order valence-corrected chi connectivity index (χ1v) is 10.3. The number of hydrogen-bond donors (Lipinski definition) is 2. The van der Waals surface area contributed by atoms with Crippen LogP contribution >= 0.6 is 0 Å². The van der Waals surface area contributed by atoms with E-state index in [1.165, 1.54) is 43.3 Å². The molecule has 32 heavy (non-hydrogen) atoms. The monoisotopic (exact) mass is 444 g/mol. The summed E-state index contributed by atoms with van der Waals surface area (Å²) in [5.74, 6) is -1.05. The lowest BCUT2D eigenvalue weighted by Crippen LogP contribution is -2.47. The van der Waals surface area contributed by atoms with Gasteiger partial charge in [0.05, 0.1) is 4.92 Å². The molecule has 170 valence electrons. The van der Waals surface area contributed by atoms with Gasteiger partial charge in [0.1, 0.15) is 17.3 Å². The Balaban J connectivity index is 1.62. The first-order chi connectivity index (χ1) is 15.2. The molecule has 0 saturated carbocycles. The van der Waals surface area contributed by atoms with E-state index in [-0.39, 0.29) is 11.3 Å². The summed E-state index contributed by atoms with van der Waals surface area (Å²) in [6, 6.07) is 9.40. The molecule has 0 radical (unpaired) electrons. The minimum Gasteiger partial charge on any atom is -0.481 e. The number of nitrogens with zero attached hydrogens (tertiary/aromatic N) is 2. The molecule has 10 heteroatoms. The van der Waals surface area contributed by atoms with E-state index in [2.05, 4.69) is 17.8 Å². The van der Waals surface area contributed by atoms with Gasteiger partial charge in [-0.3, -0.25) is 30.6 Å².